The number of hydrogen-bond acceptors (Lipinski definition) is 2. The van der Waals surface area contributed by atoms with Gasteiger partial charge in [-0.2, -0.15) is 0 Å². The van der Waals surface area contributed by atoms with Crippen molar-refractivity contribution in [2.75, 3.05) is 0 Å². The van der Waals surface area contributed by atoms with Crippen LogP contribution in [0.2, 0.25) is 0 Å². The number of fused-ring (bicyclic) bond motifs is 9. The van der Waals surface area contributed by atoms with Crippen molar-refractivity contribution < 1.29 is 0 Å². The summed E-state index contributed by atoms with van der Waals surface area (Å²) in [5, 5.41) is 10.6. The van der Waals surface area contributed by atoms with Gasteiger partial charge in [0, 0.05) is 40.3 Å². The fourth-order valence-corrected chi connectivity index (χ4v) is 9.89. The summed E-state index contributed by atoms with van der Waals surface area (Å²) in [5.41, 5.74) is 7.59. The van der Waals surface area contributed by atoms with Gasteiger partial charge < -0.3 is 0 Å². The van der Waals surface area contributed by atoms with E-state index in [9.17, 15) is 0 Å². The van der Waals surface area contributed by atoms with Gasteiger partial charge in [0.2, 0.25) is 0 Å². The molecule has 0 saturated carbocycles. The smallest absolute Gasteiger partial charge is 0.0448 e. The molecule has 0 fully saturated rings. The molecule has 2 heterocycles. The van der Waals surface area contributed by atoms with Crippen LogP contribution >= 0.6 is 22.7 Å². The molecule has 0 amide bonds. The zero-order valence-corrected chi connectivity index (χ0v) is 26.5. The molecule has 0 aliphatic rings. The van der Waals surface area contributed by atoms with Crippen LogP contribution in [0.3, 0.4) is 0 Å². The first kappa shape index (κ1) is 26.0. The van der Waals surface area contributed by atoms with Gasteiger partial charge in [0.05, 0.1) is 0 Å². The van der Waals surface area contributed by atoms with E-state index in [1.165, 1.54) is 95.3 Å². The van der Waals surface area contributed by atoms with E-state index >= 15 is 0 Å². The normalized spacial score (nSPS) is 11.9. The molecule has 0 radical (unpaired) electrons. The van der Waals surface area contributed by atoms with Gasteiger partial charge in [0.1, 0.15) is 0 Å². The quantitative estimate of drug-likeness (QED) is 0.173. The van der Waals surface area contributed by atoms with E-state index in [4.69, 9.17) is 0 Å². The van der Waals surface area contributed by atoms with Crippen LogP contribution in [-0.4, -0.2) is 0 Å². The van der Waals surface area contributed by atoms with Crippen LogP contribution in [-0.2, 0) is 0 Å². The number of rotatable bonds is 3. The Kier molecular flexibility index (Phi) is 5.72. The second kappa shape index (κ2) is 10.1. The highest BCUT2D eigenvalue weighted by Gasteiger charge is 2.18. The van der Waals surface area contributed by atoms with Crippen molar-refractivity contribution in [3.05, 3.63) is 158 Å². The van der Waals surface area contributed by atoms with Crippen molar-refractivity contribution in [1.82, 2.24) is 0 Å². The summed E-state index contributed by atoms with van der Waals surface area (Å²) in [4.78, 5) is 0. The Morgan fingerprint density at radius 3 is 1.50 bits per heavy atom. The Labute approximate surface area is 274 Å². The van der Waals surface area contributed by atoms with E-state index < -0.39 is 0 Å². The van der Waals surface area contributed by atoms with Crippen molar-refractivity contribution >= 4 is 84.6 Å². The third-order valence-corrected chi connectivity index (χ3v) is 11.8. The highest BCUT2D eigenvalue weighted by Crippen LogP contribution is 2.48. The monoisotopic (exact) mass is 618 g/mol. The molecule has 0 atom stereocenters. The first-order valence-corrected chi connectivity index (χ1v) is 17.3. The van der Waals surface area contributed by atoms with Crippen LogP contribution in [0.15, 0.2) is 158 Å². The summed E-state index contributed by atoms with van der Waals surface area (Å²) in [6.07, 6.45) is 0. The summed E-state index contributed by atoms with van der Waals surface area (Å²) < 4.78 is 5.45. The lowest BCUT2D eigenvalue weighted by molar-refractivity contribution is 1.61. The van der Waals surface area contributed by atoms with Crippen molar-refractivity contribution in [3.63, 3.8) is 0 Å². The molecule has 2 heteroatoms. The summed E-state index contributed by atoms with van der Waals surface area (Å²) in [5.74, 6) is 0. The largest absolute Gasteiger partial charge is 0.135 e. The summed E-state index contributed by atoms with van der Waals surface area (Å²) in [7, 11) is 0. The van der Waals surface area contributed by atoms with Gasteiger partial charge in [0.25, 0.3) is 0 Å². The SMILES string of the molecule is c1ccc(-c2ccc(-c3c4ccccc4c(-c4ccc5c(c4)sc4ccc6c7ccccc7sc6c45)c4ccccc34)cc2)cc1. The second-order valence-corrected chi connectivity index (χ2v) is 14.1. The van der Waals surface area contributed by atoms with Crippen LogP contribution < -0.4 is 0 Å². The van der Waals surface area contributed by atoms with E-state index in [2.05, 4.69) is 158 Å². The molecular weight excluding hydrogens is 593 g/mol. The fraction of sp³-hybridized carbons (Fsp3) is 0. The van der Waals surface area contributed by atoms with Crippen LogP contribution in [0.25, 0.3) is 95.3 Å². The van der Waals surface area contributed by atoms with Crippen LogP contribution in [0, 0.1) is 0 Å². The highest BCUT2D eigenvalue weighted by atomic mass is 32.1. The molecule has 0 spiro atoms. The molecule has 46 heavy (non-hydrogen) atoms. The minimum atomic E-state index is 1.24. The lowest BCUT2D eigenvalue weighted by Crippen LogP contribution is -1.90. The zero-order valence-electron chi connectivity index (χ0n) is 24.8. The minimum Gasteiger partial charge on any atom is -0.135 e. The predicted molar refractivity (Wildman–Crippen MR) is 204 cm³/mol. The second-order valence-electron chi connectivity index (χ2n) is 12.0. The summed E-state index contributed by atoms with van der Waals surface area (Å²) in [6, 6.07) is 58.2. The molecule has 2 aromatic heterocycles. The summed E-state index contributed by atoms with van der Waals surface area (Å²) in [6.45, 7) is 0. The van der Waals surface area contributed by atoms with Crippen LogP contribution in [0.5, 0.6) is 0 Å². The van der Waals surface area contributed by atoms with Gasteiger partial charge >= 0.3 is 0 Å². The van der Waals surface area contributed by atoms with E-state index in [1.54, 1.807) is 0 Å². The minimum absolute atomic E-state index is 1.24. The fourth-order valence-electron chi connectivity index (χ4n) is 7.41. The maximum atomic E-state index is 2.43. The first-order valence-electron chi connectivity index (χ1n) is 15.7. The topological polar surface area (TPSA) is 0 Å². The Hall–Kier alpha value is -5.28. The third kappa shape index (κ3) is 3.84. The number of thiophene rings is 2. The molecule has 8 aromatic carbocycles. The highest BCUT2D eigenvalue weighted by molar-refractivity contribution is 7.29. The lowest BCUT2D eigenvalue weighted by Gasteiger charge is -2.18. The van der Waals surface area contributed by atoms with Gasteiger partial charge in [-0.15, -0.1) is 22.7 Å². The lowest BCUT2D eigenvalue weighted by atomic mass is 9.85. The Bertz CT molecular complexity index is 2720. The van der Waals surface area contributed by atoms with Crippen LogP contribution in [0.1, 0.15) is 0 Å². The number of benzene rings is 8. The van der Waals surface area contributed by atoms with Crippen molar-refractivity contribution in [1.29, 1.82) is 0 Å². The van der Waals surface area contributed by atoms with Gasteiger partial charge in [-0.3, -0.25) is 0 Å². The van der Waals surface area contributed by atoms with Gasteiger partial charge in [-0.05, 0) is 73.1 Å². The molecule has 10 rings (SSSR count). The Morgan fingerprint density at radius 1 is 0.283 bits per heavy atom. The predicted octanol–water partition coefficient (Wildman–Crippen LogP) is 13.7. The molecule has 0 bridgehead atoms. The molecule has 0 aliphatic carbocycles. The molecule has 214 valence electrons. The van der Waals surface area contributed by atoms with Gasteiger partial charge in [-0.1, -0.05) is 140 Å². The van der Waals surface area contributed by atoms with E-state index in [1.807, 2.05) is 22.7 Å². The molecular formula is C44H26S2. The van der Waals surface area contributed by atoms with Crippen molar-refractivity contribution in [3.8, 4) is 33.4 Å². The summed E-state index contributed by atoms with van der Waals surface area (Å²) >= 11 is 3.83. The zero-order chi connectivity index (χ0) is 30.2. The van der Waals surface area contributed by atoms with Crippen molar-refractivity contribution in [2.24, 2.45) is 0 Å². The maximum Gasteiger partial charge on any atom is 0.0448 e. The molecule has 0 aliphatic heterocycles. The van der Waals surface area contributed by atoms with Gasteiger partial charge in [0.15, 0.2) is 0 Å². The van der Waals surface area contributed by atoms with Crippen molar-refractivity contribution in [2.45, 2.75) is 0 Å². The number of hydrogen-bond donors (Lipinski definition) is 0. The first-order chi connectivity index (χ1) is 22.8. The Morgan fingerprint density at radius 2 is 0.804 bits per heavy atom. The third-order valence-electron chi connectivity index (χ3n) is 9.48. The van der Waals surface area contributed by atoms with E-state index in [0.717, 1.165) is 0 Å². The Balaban J connectivity index is 1.20. The van der Waals surface area contributed by atoms with E-state index in [0.29, 0.717) is 0 Å². The maximum absolute atomic E-state index is 2.43. The molecule has 0 nitrogen and oxygen atoms in total. The molecule has 0 saturated heterocycles. The van der Waals surface area contributed by atoms with Gasteiger partial charge in [-0.25, -0.2) is 0 Å². The average molecular weight is 619 g/mol. The van der Waals surface area contributed by atoms with E-state index in [-0.39, 0.29) is 0 Å². The molecule has 0 N–H and O–H groups in total. The standard InChI is InChI=1S/C44H26S2/c1-2-10-27(11-3-1)28-18-20-29(21-19-28)41-32-13-4-6-15-34(32)42(35-16-7-5-14-33(35)41)30-22-23-37-40(26-30)45-39-25-24-36-31-12-8-9-17-38(31)46-44(36)43(37)39/h1-26H. The molecule has 10 aromatic rings. The molecule has 0 unspecified atom stereocenters. The van der Waals surface area contributed by atoms with Crippen LogP contribution in [0.4, 0.5) is 0 Å². The average Bonchev–Trinajstić information content (AvgIpc) is 3.69.